The van der Waals surface area contributed by atoms with Crippen LogP contribution >= 0.6 is 0 Å². The Morgan fingerprint density at radius 3 is 2.27 bits per heavy atom. The Hall–Kier alpha value is -0.590. The fourth-order valence-electron chi connectivity index (χ4n) is 1.81. The molecule has 0 heterocycles. The summed E-state index contributed by atoms with van der Waals surface area (Å²) >= 11 is 0. The minimum absolute atomic E-state index is 0.600. The van der Waals surface area contributed by atoms with E-state index < -0.39 is 0 Å². The Bertz CT molecular complexity index is 161. The molecule has 0 bridgehead atoms. The normalized spacial score (nSPS) is 13.2. The summed E-state index contributed by atoms with van der Waals surface area (Å²) in [5.41, 5.74) is 0. The lowest BCUT2D eigenvalue weighted by Gasteiger charge is -2.11. The minimum atomic E-state index is 0.600. The molecule has 0 N–H and O–H groups in total. The van der Waals surface area contributed by atoms with Gasteiger partial charge in [-0.15, -0.1) is 0 Å². The van der Waals surface area contributed by atoms with E-state index in [-0.39, 0.29) is 0 Å². The third-order valence-corrected chi connectivity index (χ3v) is 2.79. The number of allylic oxidation sites excluding steroid dienone is 2. The molecule has 0 spiro atoms. The molecule has 0 saturated heterocycles. The fourth-order valence-corrected chi connectivity index (χ4v) is 1.81. The van der Waals surface area contributed by atoms with Crippen molar-refractivity contribution in [3.8, 4) is 0 Å². The van der Waals surface area contributed by atoms with Crippen LogP contribution in [0.25, 0.3) is 0 Å². The molecule has 1 unspecified atom stereocenters. The van der Waals surface area contributed by atoms with Gasteiger partial charge in [-0.3, -0.25) is 4.79 Å². The van der Waals surface area contributed by atoms with Crippen LogP contribution in [0.1, 0.15) is 65.2 Å². The molecule has 0 rings (SSSR count). The van der Waals surface area contributed by atoms with Gasteiger partial charge in [0.05, 0.1) is 0 Å². The van der Waals surface area contributed by atoms with E-state index in [1.807, 2.05) is 12.4 Å². The van der Waals surface area contributed by atoms with Crippen molar-refractivity contribution in [2.24, 2.45) is 5.92 Å². The number of hydrogen-bond acceptors (Lipinski definition) is 1. The Morgan fingerprint density at radius 2 is 1.67 bits per heavy atom. The smallest absolute Gasteiger partial charge is 0.225 e. The Kier molecular flexibility index (Phi) is 11.0. The van der Waals surface area contributed by atoms with Gasteiger partial charge in [0, 0.05) is 0 Å². The van der Waals surface area contributed by atoms with Gasteiger partial charge in [-0.1, -0.05) is 58.4 Å². The lowest BCUT2D eigenvalue weighted by atomic mass is 9.95. The molecule has 1 heteroatoms. The summed E-state index contributed by atoms with van der Waals surface area (Å²) in [5, 5.41) is 0. The monoisotopic (exact) mass is 209 g/mol. The summed E-state index contributed by atoms with van der Waals surface area (Å²) in [5.74, 6) is 0.600. The Morgan fingerprint density at radius 1 is 1.00 bits per heavy atom. The molecule has 0 aromatic rings. The standard InChI is InChI=1S/C14H25O/c1-3-5-7-8-11-14(10-6-4-2)12-9-13-15/h9,12,14H,3-8,10-11H2,1-2H3. The lowest BCUT2D eigenvalue weighted by molar-refractivity contribution is 0.483. The van der Waals surface area contributed by atoms with Crippen LogP contribution < -0.4 is 0 Å². The average molecular weight is 209 g/mol. The molecule has 1 atom stereocenters. The van der Waals surface area contributed by atoms with Crippen molar-refractivity contribution in [3.05, 3.63) is 12.2 Å². The van der Waals surface area contributed by atoms with Gasteiger partial charge in [0.2, 0.25) is 6.29 Å². The molecule has 87 valence electrons. The third kappa shape index (κ3) is 9.71. The number of carbonyl (C=O) groups excluding carboxylic acids is 1. The van der Waals surface area contributed by atoms with E-state index in [0.29, 0.717) is 5.92 Å². The first-order chi connectivity index (χ1) is 7.35. The molecule has 0 amide bonds. The highest BCUT2D eigenvalue weighted by atomic mass is 16.1. The first-order valence-electron chi connectivity index (χ1n) is 6.39. The zero-order valence-electron chi connectivity index (χ0n) is 10.3. The second-order valence-corrected chi connectivity index (χ2v) is 4.23. The molecule has 0 aliphatic heterocycles. The largest absolute Gasteiger partial charge is 0.286 e. The lowest BCUT2D eigenvalue weighted by Crippen LogP contribution is -1.97. The second kappa shape index (κ2) is 11.5. The van der Waals surface area contributed by atoms with Crippen molar-refractivity contribution < 1.29 is 4.79 Å². The van der Waals surface area contributed by atoms with E-state index in [2.05, 4.69) is 13.8 Å². The summed E-state index contributed by atoms with van der Waals surface area (Å²) in [6, 6.07) is 0. The van der Waals surface area contributed by atoms with Gasteiger partial charge in [0.1, 0.15) is 0 Å². The maximum Gasteiger partial charge on any atom is 0.225 e. The Labute approximate surface area is 95.0 Å². The predicted molar refractivity (Wildman–Crippen MR) is 66.6 cm³/mol. The zero-order valence-corrected chi connectivity index (χ0v) is 10.3. The summed E-state index contributed by atoms with van der Waals surface area (Å²) in [6.45, 7) is 4.44. The highest BCUT2D eigenvalue weighted by molar-refractivity contribution is 5.65. The molecule has 0 aromatic carbocycles. The van der Waals surface area contributed by atoms with Crippen LogP contribution in [0.4, 0.5) is 0 Å². The van der Waals surface area contributed by atoms with Crippen molar-refractivity contribution in [2.45, 2.75) is 65.2 Å². The van der Waals surface area contributed by atoms with E-state index >= 15 is 0 Å². The van der Waals surface area contributed by atoms with E-state index in [1.165, 1.54) is 51.4 Å². The molecule has 0 aliphatic carbocycles. The topological polar surface area (TPSA) is 17.1 Å². The highest BCUT2D eigenvalue weighted by Gasteiger charge is 2.03. The van der Waals surface area contributed by atoms with Crippen molar-refractivity contribution in [3.63, 3.8) is 0 Å². The van der Waals surface area contributed by atoms with E-state index in [9.17, 15) is 4.79 Å². The van der Waals surface area contributed by atoms with Crippen molar-refractivity contribution in [1.29, 1.82) is 0 Å². The van der Waals surface area contributed by atoms with Gasteiger partial charge in [-0.2, -0.15) is 0 Å². The molecule has 0 fully saturated rings. The van der Waals surface area contributed by atoms with Crippen LogP contribution in [0.3, 0.4) is 0 Å². The van der Waals surface area contributed by atoms with E-state index in [0.717, 1.165) is 0 Å². The van der Waals surface area contributed by atoms with Gasteiger partial charge in [-0.05, 0) is 24.8 Å². The fraction of sp³-hybridized carbons (Fsp3) is 0.786. The zero-order chi connectivity index (χ0) is 11.4. The maximum atomic E-state index is 10.1. The van der Waals surface area contributed by atoms with Gasteiger partial charge >= 0.3 is 0 Å². The van der Waals surface area contributed by atoms with Crippen LogP contribution in [0.5, 0.6) is 0 Å². The number of rotatable bonds is 10. The van der Waals surface area contributed by atoms with Crippen LogP contribution in [0.2, 0.25) is 0 Å². The van der Waals surface area contributed by atoms with Crippen molar-refractivity contribution >= 4 is 6.29 Å². The molecule has 1 nitrogen and oxygen atoms in total. The molecule has 0 aromatic heterocycles. The molecular formula is C14H25O. The predicted octanol–water partition coefficient (Wildman–Crippen LogP) is 4.43. The van der Waals surface area contributed by atoms with Crippen LogP contribution in [-0.2, 0) is 4.79 Å². The third-order valence-electron chi connectivity index (χ3n) is 2.79. The van der Waals surface area contributed by atoms with Crippen LogP contribution in [0.15, 0.2) is 12.2 Å². The first kappa shape index (κ1) is 14.4. The molecule has 0 saturated carbocycles. The molecule has 15 heavy (non-hydrogen) atoms. The van der Waals surface area contributed by atoms with Crippen molar-refractivity contribution in [2.75, 3.05) is 0 Å². The molecule has 1 radical (unpaired) electrons. The van der Waals surface area contributed by atoms with E-state index in [4.69, 9.17) is 0 Å². The SMILES string of the molecule is CCCCCCC(C=C[C]=O)CCCC. The second-order valence-electron chi connectivity index (χ2n) is 4.23. The summed E-state index contributed by atoms with van der Waals surface area (Å²) in [4.78, 5) is 10.1. The molecule has 0 aliphatic rings. The summed E-state index contributed by atoms with van der Waals surface area (Å²) < 4.78 is 0. The average Bonchev–Trinajstić information content (AvgIpc) is 2.27. The minimum Gasteiger partial charge on any atom is -0.286 e. The molecular weight excluding hydrogens is 184 g/mol. The summed E-state index contributed by atoms with van der Waals surface area (Å²) in [6.07, 6.45) is 15.6. The Balaban J connectivity index is 3.68. The first-order valence-corrected chi connectivity index (χ1v) is 6.39. The van der Waals surface area contributed by atoms with Gasteiger partial charge in [0.15, 0.2) is 0 Å². The maximum absolute atomic E-state index is 10.1. The van der Waals surface area contributed by atoms with Crippen LogP contribution in [-0.4, -0.2) is 6.29 Å². The number of unbranched alkanes of at least 4 members (excludes halogenated alkanes) is 4. The van der Waals surface area contributed by atoms with E-state index in [1.54, 1.807) is 6.08 Å². The van der Waals surface area contributed by atoms with Gasteiger partial charge < -0.3 is 0 Å². The summed E-state index contributed by atoms with van der Waals surface area (Å²) in [7, 11) is 0. The van der Waals surface area contributed by atoms with Crippen molar-refractivity contribution in [1.82, 2.24) is 0 Å². The quantitative estimate of drug-likeness (QED) is 0.384. The number of hydrogen-bond donors (Lipinski definition) is 0. The van der Waals surface area contributed by atoms with Gasteiger partial charge in [0.25, 0.3) is 0 Å². The van der Waals surface area contributed by atoms with Crippen LogP contribution in [0, 0.1) is 5.92 Å². The highest BCUT2D eigenvalue weighted by Crippen LogP contribution is 2.18. The van der Waals surface area contributed by atoms with Gasteiger partial charge in [-0.25, -0.2) is 0 Å².